The lowest BCUT2D eigenvalue weighted by Gasteiger charge is -2.34. The fourth-order valence-corrected chi connectivity index (χ4v) is 5.09. The van der Waals surface area contributed by atoms with Gasteiger partial charge in [0.1, 0.15) is 0 Å². The Kier molecular flexibility index (Phi) is 4.93. The molecule has 1 aromatic heterocycles. The van der Waals surface area contributed by atoms with Crippen LogP contribution >= 0.6 is 0 Å². The predicted octanol–water partition coefficient (Wildman–Crippen LogP) is 2.19. The average Bonchev–Trinajstić information content (AvgIpc) is 3.26. The minimum atomic E-state index is -0.733. The Bertz CT molecular complexity index is 690. The quantitative estimate of drug-likeness (QED) is 0.846. The zero-order valence-electron chi connectivity index (χ0n) is 15.6. The van der Waals surface area contributed by atoms with Crippen molar-refractivity contribution in [3.63, 3.8) is 0 Å². The van der Waals surface area contributed by atoms with E-state index in [2.05, 4.69) is 15.2 Å². The van der Waals surface area contributed by atoms with Gasteiger partial charge in [0.2, 0.25) is 0 Å². The lowest BCUT2D eigenvalue weighted by molar-refractivity contribution is -0.149. The first kappa shape index (κ1) is 18.1. The molecule has 7 heteroatoms. The fraction of sp³-hybridized carbons (Fsp3) is 0.650. The molecule has 1 saturated carbocycles. The highest BCUT2D eigenvalue weighted by Crippen LogP contribution is 2.48. The summed E-state index contributed by atoms with van der Waals surface area (Å²) < 4.78 is 0. The van der Waals surface area contributed by atoms with Gasteiger partial charge in [0.25, 0.3) is 0 Å². The second-order valence-electron chi connectivity index (χ2n) is 8.25. The van der Waals surface area contributed by atoms with Crippen molar-refractivity contribution in [2.45, 2.75) is 32.1 Å². The standard InChI is InChI=1S/C20H28N4O3/c25-18(26)20-7-1-2-16(20)13-24(14-20)19(27)22-12-15-5-10-23(11-6-15)17-3-8-21-9-4-17/h3-4,8-9,15-16H,1-2,5-7,10-14H2,(H,22,27)(H,25,26)/t16-,20+/m0/s1. The molecular formula is C20H28N4O3. The van der Waals surface area contributed by atoms with E-state index in [9.17, 15) is 14.7 Å². The first-order valence-electron chi connectivity index (χ1n) is 9.99. The highest BCUT2D eigenvalue weighted by atomic mass is 16.4. The third-order valence-electron chi connectivity index (χ3n) is 6.77. The van der Waals surface area contributed by atoms with E-state index in [4.69, 9.17) is 0 Å². The van der Waals surface area contributed by atoms with Gasteiger partial charge in [0.15, 0.2) is 0 Å². The summed E-state index contributed by atoms with van der Waals surface area (Å²) >= 11 is 0. The van der Waals surface area contributed by atoms with Gasteiger partial charge in [-0.05, 0) is 49.7 Å². The summed E-state index contributed by atoms with van der Waals surface area (Å²) in [6.45, 7) is 3.58. The average molecular weight is 372 g/mol. The van der Waals surface area contributed by atoms with Gasteiger partial charge in [0, 0.05) is 50.8 Å². The Balaban J connectivity index is 1.24. The number of aliphatic carboxylic acids is 1. The highest BCUT2D eigenvalue weighted by Gasteiger charge is 2.55. The fourth-order valence-electron chi connectivity index (χ4n) is 5.09. The Morgan fingerprint density at radius 1 is 1.22 bits per heavy atom. The molecule has 0 unspecified atom stereocenters. The first-order chi connectivity index (χ1) is 13.1. The molecule has 27 heavy (non-hydrogen) atoms. The van der Waals surface area contributed by atoms with Crippen LogP contribution in [0.4, 0.5) is 10.5 Å². The molecule has 3 aliphatic rings. The molecule has 0 spiro atoms. The van der Waals surface area contributed by atoms with Crippen molar-refractivity contribution in [3.05, 3.63) is 24.5 Å². The smallest absolute Gasteiger partial charge is 0.317 e. The number of amides is 2. The van der Waals surface area contributed by atoms with Gasteiger partial charge in [-0.3, -0.25) is 9.78 Å². The summed E-state index contributed by atoms with van der Waals surface area (Å²) in [5.41, 5.74) is 0.503. The predicted molar refractivity (Wildman–Crippen MR) is 102 cm³/mol. The first-order valence-corrected chi connectivity index (χ1v) is 9.99. The molecule has 2 N–H and O–H groups in total. The maximum Gasteiger partial charge on any atom is 0.317 e. The van der Waals surface area contributed by atoms with Crippen LogP contribution in [0.25, 0.3) is 0 Å². The van der Waals surface area contributed by atoms with Gasteiger partial charge < -0.3 is 20.2 Å². The summed E-state index contributed by atoms with van der Waals surface area (Å²) in [5.74, 6) is -0.143. The molecule has 4 rings (SSSR count). The molecule has 2 atom stereocenters. The third kappa shape index (κ3) is 3.47. The number of nitrogens with zero attached hydrogens (tertiary/aromatic N) is 3. The summed E-state index contributed by atoms with van der Waals surface area (Å²) in [6, 6.07) is 3.97. The Labute approximate surface area is 159 Å². The van der Waals surface area contributed by atoms with E-state index in [0.29, 0.717) is 32.0 Å². The molecule has 2 aliphatic heterocycles. The minimum absolute atomic E-state index is 0.0958. The van der Waals surface area contributed by atoms with Crippen molar-refractivity contribution in [3.8, 4) is 0 Å². The normalized spacial score (nSPS) is 28.2. The third-order valence-corrected chi connectivity index (χ3v) is 6.77. The number of carboxylic acids is 1. The Morgan fingerprint density at radius 3 is 2.63 bits per heavy atom. The number of hydrogen-bond donors (Lipinski definition) is 2. The van der Waals surface area contributed by atoms with E-state index in [-0.39, 0.29) is 11.9 Å². The second kappa shape index (κ2) is 7.37. The summed E-state index contributed by atoms with van der Waals surface area (Å²) in [4.78, 5) is 32.5. The number of carbonyl (C=O) groups excluding carboxylic acids is 1. The number of anilines is 1. The molecule has 0 aromatic carbocycles. The number of rotatable bonds is 4. The van der Waals surface area contributed by atoms with E-state index in [1.165, 1.54) is 5.69 Å². The number of nitrogens with one attached hydrogen (secondary N) is 1. The van der Waals surface area contributed by atoms with Crippen LogP contribution in [0, 0.1) is 17.3 Å². The van der Waals surface area contributed by atoms with Gasteiger partial charge in [0.05, 0.1) is 5.41 Å². The monoisotopic (exact) mass is 372 g/mol. The summed E-state index contributed by atoms with van der Waals surface area (Å²) in [5, 5.41) is 12.7. The number of piperidine rings is 1. The van der Waals surface area contributed by atoms with Crippen LogP contribution in [0.2, 0.25) is 0 Å². The molecule has 2 saturated heterocycles. The SMILES string of the molecule is O=C(NCC1CCN(c2ccncc2)CC1)N1C[C@@H]2CCC[C@@]2(C(=O)O)C1. The van der Waals surface area contributed by atoms with Crippen LogP contribution in [0.15, 0.2) is 24.5 Å². The van der Waals surface area contributed by atoms with Gasteiger partial charge >= 0.3 is 12.0 Å². The van der Waals surface area contributed by atoms with Crippen molar-refractivity contribution in [2.24, 2.45) is 17.3 Å². The van der Waals surface area contributed by atoms with Crippen LogP contribution in [0.3, 0.4) is 0 Å². The van der Waals surface area contributed by atoms with Gasteiger partial charge in [-0.15, -0.1) is 0 Å². The zero-order chi connectivity index (χ0) is 18.9. The summed E-state index contributed by atoms with van der Waals surface area (Å²) in [7, 11) is 0. The zero-order valence-corrected chi connectivity index (χ0v) is 15.6. The van der Waals surface area contributed by atoms with Gasteiger partial charge in [-0.1, -0.05) is 6.42 Å². The maximum atomic E-state index is 12.6. The van der Waals surface area contributed by atoms with E-state index in [1.807, 2.05) is 24.5 Å². The van der Waals surface area contributed by atoms with E-state index in [1.54, 1.807) is 4.90 Å². The molecule has 3 heterocycles. The van der Waals surface area contributed by atoms with Crippen LogP contribution in [0.5, 0.6) is 0 Å². The maximum absolute atomic E-state index is 12.6. The number of urea groups is 1. The molecule has 1 aliphatic carbocycles. The largest absolute Gasteiger partial charge is 0.481 e. The van der Waals surface area contributed by atoms with Crippen molar-refractivity contribution < 1.29 is 14.7 Å². The highest BCUT2D eigenvalue weighted by molar-refractivity contribution is 5.80. The van der Waals surface area contributed by atoms with Crippen molar-refractivity contribution in [1.29, 1.82) is 0 Å². The van der Waals surface area contributed by atoms with E-state index >= 15 is 0 Å². The molecule has 2 amide bonds. The van der Waals surface area contributed by atoms with Gasteiger partial charge in [-0.2, -0.15) is 0 Å². The summed E-state index contributed by atoms with van der Waals surface area (Å²) in [6.07, 6.45) is 8.30. The topological polar surface area (TPSA) is 85.8 Å². The van der Waals surface area contributed by atoms with Crippen molar-refractivity contribution in [2.75, 3.05) is 37.6 Å². The lowest BCUT2D eigenvalue weighted by atomic mass is 9.81. The van der Waals surface area contributed by atoms with Crippen LogP contribution in [-0.2, 0) is 4.79 Å². The minimum Gasteiger partial charge on any atom is -0.481 e. The number of carbonyl (C=O) groups is 2. The molecule has 7 nitrogen and oxygen atoms in total. The lowest BCUT2D eigenvalue weighted by Crippen LogP contribution is -2.44. The number of carboxylic acid groups (broad SMARTS) is 1. The number of fused-ring (bicyclic) bond motifs is 1. The van der Waals surface area contributed by atoms with Gasteiger partial charge in [-0.25, -0.2) is 4.79 Å². The Morgan fingerprint density at radius 2 is 1.96 bits per heavy atom. The Hall–Kier alpha value is -2.31. The second-order valence-corrected chi connectivity index (χ2v) is 8.25. The van der Waals surface area contributed by atoms with Crippen molar-refractivity contribution in [1.82, 2.24) is 15.2 Å². The molecule has 0 radical (unpaired) electrons. The molecule has 0 bridgehead atoms. The number of pyridine rings is 1. The van der Waals surface area contributed by atoms with Crippen molar-refractivity contribution >= 4 is 17.7 Å². The van der Waals surface area contributed by atoms with Crippen LogP contribution in [-0.4, -0.2) is 59.7 Å². The molecule has 1 aromatic rings. The molecule has 3 fully saturated rings. The number of aromatic nitrogens is 1. The number of hydrogen-bond acceptors (Lipinski definition) is 4. The molecular weight excluding hydrogens is 344 g/mol. The number of likely N-dealkylation sites (tertiary alicyclic amines) is 1. The van der Waals surface area contributed by atoms with E-state index < -0.39 is 11.4 Å². The van der Waals surface area contributed by atoms with E-state index in [0.717, 1.165) is 38.8 Å². The van der Waals surface area contributed by atoms with Crippen LogP contribution < -0.4 is 10.2 Å². The molecule has 146 valence electrons. The van der Waals surface area contributed by atoms with Crippen LogP contribution in [0.1, 0.15) is 32.1 Å².